The molecule has 0 radical (unpaired) electrons. The lowest BCUT2D eigenvalue weighted by atomic mass is 10.1. The minimum Gasteiger partial charge on any atom is -0.347 e. The predicted octanol–water partition coefficient (Wildman–Crippen LogP) is 3.56. The van der Waals surface area contributed by atoms with Gasteiger partial charge in [-0.1, -0.05) is 41.7 Å². The molecular weight excluding hydrogens is 288 g/mol. The molecule has 3 nitrogen and oxygen atoms in total. The van der Waals surface area contributed by atoms with E-state index in [1.165, 1.54) is 23.5 Å². The molecule has 0 saturated carbocycles. The Balaban J connectivity index is 1.94. The van der Waals surface area contributed by atoms with Crippen LogP contribution in [0.2, 0.25) is 0 Å². The van der Waals surface area contributed by atoms with Crippen LogP contribution < -0.4 is 4.90 Å². The summed E-state index contributed by atoms with van der Waals surface area (Å²) in [5.74, 6) is 2.36. The van der Waals surface area contributed by atoms with Gasteiger partial charge >= 0.3 is 0 Å². The normalized spacial score (nSPS) is 18.1. The largest absolute Gasteiger partial charge is 0.347 e. The number of rotatable bonds is 4. The van der Waals surface area contributed by atoms with Crippen molar-refractivity contribution in [1.82, 2.24) is 4.98 Å². The topological polar surface area (TPSA) is 33.2 Å². The van der Waals surface area contributed by atoms with Crippen LogP contribution in [0.3, 0.4) is 0 Å². The Morgan fingerprint density at radius 3 is 2.80 bits per heavy atom. The Hall–Kier alpha value is -1.33. The predicted molar refractivity (Wildman–Crippen MR) is 87.1 cm³/mol. The number of anilines is 1. The van der Waals surface area contributed by atoms with E-state index in [-0.39, 0.29) is 0 Å². The van der Waals surface area contributed by atoms with E-state index in [0.717, 1.165) is 28.4 Å². The van der Waals surface area contributed by atoms with Gasteiger partial charge in [-0.25, -0.2) is 4.98 Å². The molecule has 0 amide bonds. The van der Waals surface area contributed by atoms with E-state index in [4.69, 9.17) is 4.98 Å². The average Bonchev–Trinajstić information content (AvgIpc) is 3.17. The zero-order chi connectivity index (χ0) is 13.9. The molecule has 1 unspecified atom stereocenters. The van der Waals surface area contributed by atoms with Crippen molar-refractivity contribution in [2.75, 3.05) is 23.5 Å². The first kappa shape index (κ1) is 13.6. The summed E-state index contributed by atoms with van der Waals surface area (Å²) in [4.78, 5) is 18.9. The van der Waals surface area contributed by atoms with Gasteiger partial charge in [0.1, 0.15) is 0 Å². The molecule has 5 heteroatoms. The summed E-state index contributed by atoms with van der Waals surface area (Å²) in [6.45, 7) is 0. The van der Waals surface area contributed by atoms with E-state index in [0.29, 0.717) is 10.9 Å². The van der Waals surface area contributed by atoms with Crippen molar-refractivity contribution in [1.29, 1.82) is 0 Å². The zero-order valence-corrected chi connectivity index (χ0v) is 12.9. The summed E-state index contributed by atoms with van der Waals surface area (Å²) < 4.78 is 0. The molecule has 1 fully saturated rings. The second-order valence-corrected chi connectivity index (χ2v) is 6.98. The number of hydrogen-bond donors (Lipinski definition) is 0. The van der Waals surface area contributed by atoms with E-state index < -0.39 is 0 Å². The summed E-state index contributed by atoms with van der Waals surface area (Å²) in [5.41, 5.74) is 1.81. The van der Waals surface area contributed by atoms with Gasteiger partial charge in [-0.05, 0) is 12.2 Å². The van der Waals surface area contributed by atoms with Gasteiger partial charge in [0.2, 0.25) is 0 Å². The van der Waals surface area contributed by atoms with Gasteiger partial charge in [0.05, 0.1) is 10.6 Å². The summed E-state index contributed by atoms with van der Waals surface area (Å²) in [6, 6.07) is 10.4. The Morgan fingerprint density at radius 2 is 2.15 bits per heavy atom. The number of benzene rings is 1. The number of carbonyl (C=O) groups is 1. The molecular formula is C15H16N2OS2. The maximum Gasteiger partial charge on any atom is 0.186 e. The van der Waals surface area contributed by atoms with Crippen LogP contribution >= 0.6 is 23.1 Å². The minimum absolute atomic E-state index is 0.536. The number of aromatic nitrogens is 1. The maximum atomic E-state index is 11.3. The van der Waals surface area contributed by atoms with Gasteiger partial charge in [0.25, 0.3) is 0 Å². The molecule has 1 atom stereocenters. The highest BCUT2D eigenvalue weighted by molar-refractivity contribution is 7.99. The lowest BCUT2D eigenvalue weighted by molar-refractivity contribution is 0.112. The van der Waals surface area contributed by atoms with Crippen molar-refractivity contribution < 1.29 is 4.79 Å². The molecule has 0 spiro atoms. The highest BCUT2D eigenvalue weighted by Gasteiger charge is 2.24. The fourth-order valence-electron chi connectivity index (χ4n) is 2.34. The van der Waals surface area contributed by atoms with Crippen molar-refractivity contribution in [3.8, 4) is 11.3 Å². The van der Waals surface area contributed by atoms with E-state index >= 15 is 0 Å². The van der Waals surface area contributed by atoms with Crippen molar-refractivity contribution in [2.24, 2.45) is 0 Å². The maximum absolute atomic E-state index is 11.3. The molecule has 2 aromatic rings. The van der Waals surface area contributed by atoms with Crippen LogP contribution in [0.4, 0.5) is 5.13 Å². The number of thiazole rings is 1. The van der Waals surface area contributed by atoms with E-state index in [9.17, 15) is 4.79 Å². The lowest BCUT2D eigenvalue weighted by Gasteiger charge is -2.22. The van der Waals surface area contributed by atoms with Crippen LogP contribution in [0.15, 0.2) is 30.3 Å². The van der Waals surface area contributed by atoms with Gasteiger partial charge in [-0.2, -0.15) is 11.8 Å². The van der Waals surface area contributed by atoms with E-state index in [1.54, 1.807) is 0 Å². The molecule has 1 saturated heterocycles. The molecule has 1 aromatic carbocycles. The standard InChI is InChI=1S/C15H16N2OS2/c1-17(12-7-8-19-10-12)15-16-14(13(9-18)20-15)11-5-3-2-4-6-11/h2-6,9,12H,7-8,10H2,1H3. The highest BCUT2D eigenvalue weighted by Crippen LogP contribution is 2.34. The van der Waals surface area contributed by atoms with Crippen LogP contribution in [0, 0.1) is 0 Å². The Morgan fingerprint density at radius 1 is 1.35 bits per heavy atom. The van der Waals surface area contributed by atoms with Gasteiger partial charge < -0.3 is 4.90 Å². The van der Waals surface area contributed by atoms with E-state index in [2.05, 4.69) is 11.9 Å². The third-order valence-electron chi connectivity index (χ3n) is 3.55. The number of aldehydes is 1. The average molecular weight is 304 g/mol. The SMILES string of the molecule is CN(c1nc(-c2ccccc2)c(C=O)s1)C1CCSC1. The van der Waals surface area contributed by atoms with Crippen LogP contribution in [-0.2, 0) is 0 Å². The zero-order valence-electron chi connectivity index (χ0n) is 11.3. The van der Waals surface area contributed by atoms with Crippen LogP contribution in [0.5, 0.6) is 0 Å². The van der Waals surface area contributed by atoms with Crippen molar-refractivity contribution in [2.45, 2.75) is 12.5 Å². The Labute approximate surface area is 127 Å². The second-order valence-electron chi connectivity index (χ2n) is 4.82. The molecule has 0 aliphatic carbocycles. The smallest absolute Gasteiger partial charge is 0.186 e. The van der Waals surface area contributed by atoms with Crippen molar-refractivity contribution in [3.63, 3.8) is 0 Å². The third kappa shape index (κ3) is 2.60. The highest BCUT2D eigenvalue weighted by atomic mass is 32.2. The fourth-order valence-corrected chi connectivity index (χ4v) is 4.54. The number of hydrogen-bond acceptors (Lipinski definition) is 5. The molecule has 2 heterocycles. The number of thioether (sulfide) groups is 1. The summed E-state index contributed by atoms with van der Waals surface area (Å²) in [6.07, 6.45) is 2.11. The first-order valence-corrected chi connectivity index (χ1v) is 8.58. The molecule has 0 bridgehead atoms. The van der Waals surface area contributed by atoms with Crippen LogP contribution in [0.25, 0.3) is 11.3 Å². The molecule has 3 rings (SSSR count). The van der Waals surface area contributed by atoms with Gasteiger partial charge in [-0.15, -0.1) is 0 Å². The second kappa shape index (κ2) is 5.97. The molecule has 1 aliphatic heterocycles. The number of nitrogens with zero attached hydrogens (tertiary/aromatic N) is 2. The van der Waals surface area contributed by atoms with E-state index in [1.807, 2.05) is 42.1 Å². The van der Waals surface area contributed by atoms with Gasteiger partial charge in [0.15, 0.2) is 11.4 Å². The Bertz CT molecular complexity index is 591. The molecule has 104 valence electrons. The first-order chi connectivity index (χ1) is 9.79. The molecule has 20 heavy (non-hydrogen) atoms. The third-order valence-corrected chi connectivity index (χ3v) is 5.77. The monoisotopic (exact) mass is 304 g/mol. The molecule has 1 aromatic heterocycles. The summed E-state index contributed by atoms with van der Waals surface area (Å²) in [5, 5.41) is 0.943. The quantitative estimate of drug-likeness (QED) is 0.809. The van der Waals surface area contributed by atoms with Crippen LogP contribution in [-0.4, -0.2) is 35.9 Å². The van der Waals surface area contributed by atoms with Crippen molar-refractivity contribution >= 4 is 34.5 Å². The Kier molecular flexibility index (Phi) is 4.08. The fraction of sp³-hybridized carbons (Fsp3) is 0.333. The van der Waals surface area contributed by atoms with Crippen LogP contribution in [0.1, 0.15) is 16.1 Å². The summed E-state index contributed by atoms with van der Waals surface area (Å²) in [7, 11) is 2.08. The van der Waals surface area contributed by atoms with Crippen molar-refractivity contribution in [3.05, 3.63) is 35.2 Å². The lowest BCUT2D eigenvalue weighted by Crippen LogP contribution is -2.31. The summed E-state index contributed by atoms with van der Waals surface area (Å²) >= 11 is 3.47. The first-order valence-electron chi connectivity index (χ1n) is 6.61. The molecule has 1 aliphatic rings. The van der Waals surface area contributed by atoms with Gasteiger partial charge in [-0.3, -0.25) is 4.79 Å². The van der Waals surface area contributed by atoms with Gasteiger partial charge in [0, 0.05) is 24.4 Å². The minimum atomic E-state index is 0.536. The number of carbonyl (C=O) groups excluding carboxylic acids is 1. The molecule has 0 N–H and O–H groups in total.